The molecule has 3 rings (SSSR count). The number of halogens is 3. The molecule has 1 aliphatic carbocycles. The third-order valence-corrected chi connectivity index (χ3v) is 4.07. The summed E-state index contributed by atoms with van der Waals surface area (Å²) in [6, 6.07) is 4.96. The zero-order valence-corrected chi connectivity index (χ0v) is 17.8. The lowest BCUT2D eigenvalue weighted by atomic mass is 10.2. The minimum atomic E-state index is -2.81. The van der Waals surface area contributed by atoms with Crippen molar-refractivity contribution < 1.29 is 23.0 Å². The number of hydrogen-bond donors (Lipinski definition) is 1. The Hall–Kier alpha value is -2.41. The number of hydrogen-bond acceptors (Lipinski definition) is 4. The standard InChI is InChI=1S/C12H14F2O2.C7H7ClN2O.C2H6/c1-8-2-5-10(16-12(13)14)11(6-8)15-7-9-3-4-9;1-5-2-9-3-6(8)7(5)10-4-11;1-2/h2,5-6,9,12H,3-4,7H2,1H3;2-4H,1H3,(H,9,10,11);1-2H3. The van der Waals surface area contributed by atoms with E-state index in [0.29, 0.717) is 35.4 Å². The molecule has 1 aromatic carbocycles. The summed E-state index contributed by atoms with van der Waals surface area (Å²) in [6.45, 7) is 5.48. The second-order valence-electron chi connectivity index (χ2n) is 6.16. The molecule has 1 fully saturated rings. The number of carbonyl (C=O) groups is 1. The van der Waals surface area contributed by atoms with E-state index < -0.39 is 6.61 Å². The van der Waals surface area contributed by atoms with Crippen LogP contribution in [0.25, 0.3) is 0 Å². The number of aromatic nitrogens is 1. The number of nitrogens with one attached hydrogen (secondary N) is 1. The van der Waals surface area contributed by atoms with Crippen LogP contribution in [0.5, 0.6) is 11.5 Å². The molecule has 1 aromatic heterocycles. The van der Waals surface area contributed by atoms with Crippen LogP contribution >= 0.6 is 11.6 Å². The molecule has 0 radical (unpaired) electrons. The molecule has 0 atom stereocenters. The van der Waals surface area contributed by atoms with Crippen LogP contribution in [0.4, 0.5) is 14.5 Å². The Morgan fingerprint density at radius 3 is 2.48 bits per heavy atom. The van der Waals surface area contributed by atoms with E-state index in [1.54, 1.807) is 18.3 Å². The van der Waals surface area contributed by atoms with Crippen molar-refractivity contribution in [3.05, 3.63) is 46.7 Å². The number of alkyl halides is 2. The third-order valence-electron chi connectivity index (χ3n) is 3.78. The van der Waals surface area contributed by atoms with Crippen molar-refractivity contribution in [2.75, 3.05) is 11.9 Å². The second-order valence-corrected chi connectivity index (χ2v) is 6.57. The van der Waals surface area contributed by atoms with E-state index in [0.717, 1.165) is 24.0 Å². The second kappa shape index (κ2) is 12.9. The van der Waals surface area contributed by atoms with E-state index in [1.165, 1.54) is 12.3 Å². The maximum atomic E-state index is 12.1. The van der Waals surface area contributed by atoms with Crippen molar-refractivity contribution >= 4 is 23.7 Å². The number of ether oxygens (including phenoxy) is 2. The fourth-order valence-electron chi connectivity index (χ4n) is 2.19. The summed E-state index contributed by atoms with van der Waals surface area (Å²) < 4.78 is 34.1. The van der Waals surface area contributed by atoms with Crippen LogP contribution in [0.15, 0.2) is 30.6 Å². The maximum Gasteiger partial charge on any atom is 0.387 e. The molecule has 1 heterocycles. The molecule has 8 heteroatoms. The fourth-order valence-corrected chi connectivity index (χ4v) is 2.45. The first-order chi connectivity index (χ1) is 13.9. The first-order valence-electron chi connectivity index (χ1n) is 9.39. The predicted octanol–water partition coefficient (Wildman–Crippen LogP) is 6.02. The number of nitrogens with zero attached hydrogens (tertiary/aromatic N) is 1. The number of pyridine rings is 1. The van der Waals surface area contributed by atoms with E-state index in [9.17, 15) is 13.6 Å². The van der Waals surface area contributed by atoms with E-state index in [-0.39, 0.29) is 5.75 Å². The lowest BCUT2D eigenvalue weighted by Gasteiger charge is -2.12. The molecule has 160 valence electrons. The van der Waals surface area contributed by atoms with Gasteiger partial charge >= 0.3 is 6.61 Å². The molecule has 5 nitrogen and oxygen atoms in total. The van der Waals surface area contributed by atoms with Gasteiger partial charge < -0.3 is 14.8 Å². The average Bonchev–Trinajstić information content (AvgIpc) is 3.51. The van der Waals surface area contributed by atoms with Gasteiger partial charge in [0.2, 0.25) is 6.41 Å². The highest BCUT2D eigenvalue weighted by atomic mass is 35.5. The maximum absolute atomic E-state index is 12.1. The molecule has 0 aliphatic heterocycles. The van der Waals surface area contributed by atoms with Gasteiger partial charge in [-0.1, -0.05) is 31.5 Å². The van der Waals surface area contributed by atoms with E-state index >= 15 is 0 Å². The Labute approximate surface area is 175 Å². The smallest absolute Gasteiger partial charge is 0.387 e. The van der Waals surface area contributed by atoms with E-state index in [4.69, 9.17) is 16.3 Å². The SMILES string of the molecule is CC.Cc1ccc(OC(F)F)c(OCC2CC2)c1.Cc1cncc(Cl)c1NC=O. The van der Waals surface area contributed by atoms with Gasteiger partial charge in [0.05, 0.1) is 17.3 Å². The van der Waals surface area contributed by atoms with Gasteiger partial charge in [-0.25, -0.2) is 0 Å². The van der Waals surface area contributed by atoms with Crippen molar-refractivity contribution in [3.63, 3.8) is 0 Å². The summed E-state index contributed by atoms with van der Waals surface area (Å²) in [5.41, 5.74) is 2.44. The Bertz CT molecular complexity index is 751. The van der Waals surface area contributed by atoms with Crippen LogP contribution in [0.3, 0.4) is 0 Å². The summed E-state index contributed by atoms with van der Waals surface area (Å²) in [4.78, 5) is 13.9. The van der Waals surface area contributed by atoms with Crippen molar-refractivity contribution in [2.24, 2.45) is 5.92 Å². The summed E-state index contributed by atoms with van der Waals surface area (Å²) in [7, 11) is 0. The minimum Gasteiger partial charge on any atom is -0.489 e. The molecular weight excluding hydrogens is 402 g/mol. The van der Waals surface area contributed by atoms with Crippen LogP contribution < -0.4 is 14.8 Å². The van der Waals surface area contributed by atoms with Crippen molar-refractivity contribution in [1.82, 2.24) is 4.98 Å². The molecule has 1 N–H and O–H groups in total. The first kappa shape index (κ1) is 24.6. The molecule has 1 saturated carbocycles. The van der Waals surface area contributed by atoms with Crippen molar-refractivity contribution in [3.8, 4) is 11.5 Å². The molecule has 0 unspecified atom stereocenters. The highest BCUT2D eigenvalue weighted by Crippen LogP contribution is 2.34. The fraction of sp³-hybridized carbons (Fsp3) is 0.429. The summed E-state index contributed by atoms with van der Waals surface area (Å²) in [5.74, 6) is 1.10. The Kier molecular flexibility index (Phi) is 11.0. The van der Waals surface area contributed by atoms with Gasteiger partial charge in [0, 0.05) is 12.4 Å². The average molecular weight is 429 g/mol. The summed E-state index contributed by atoms with van der Waals surface area (Å²) in [5, 5.41) is 2.95. The van der Waals surface area contributed by atoms with Gasteiger partial charge in [-0.15, -0.1) is 0 Å². The number of amides is 1. The summed E-state index contributed by atoms with van der Waals surface area (Å²) >= 11 is 5.72. The van der Waals surface area contributed by atoms with Crippen molar-refractivity contribution in [1.29, 1.82) is 0 Å². The van der Waals surface area contributed by atoms with Crippen LogP contribution in [-0.2, 0) is 4.79 Å². The molecule has 29 heavy (non-hydrogen) atoms. The van der Waals surface area contributed by atoms with Gasteiger partial charge in [-0.05, 0) is 55.9 Å². The Morgan fingerprint density at radius 2 is 1.93 bits per heavy atom. The zero-order valence-electron chi connectivity index (χ0n) is 17.0. The largest absolute Gasteiger partial charge is 0.489 e. The van der Waals surface area contributed by atoms with Crippen LogP contribution in [0, 0.1) is 19.8 Å². The lowest BCUT2D eigenvalue weighted by Crippen LogP contribution is -2.06. The van der Waals surface area contributed by atoms with Crippen molar-refractivity contribution in [2.45, 2.75) is 47.1 Å². The lowest BCUT2D eigenvalue weighted by molar-refractivity contribution is -0.105. The monoisotopic (exact) mass is 428 g/mol. The molecule has 0 spiro atoms. The molecule has 2 aromatic rings. The van der Waals surface area contributed by atoms with Gasteiger partial charge in [0.1, 0.15) is 0 Å². The Morgan fingerprint density at radius 1 is 1.24 bits per heavy atom. The van der Waals surface area contributed by atoms with E-state index in [2.05, 4.69) is 15.0 Å². The molecular formula is C21H27ClF2N2O3. The quantitative estimate of drug-likeness (QED) is 0.547. The van der Waals surface area contributed by atoms with Gasteiger partial charge in [-0.3, -0.25) is 9.78 Å². The van der Waals surface area contributed by atoms with Gasteiger partial charge in [-0.2, -0.15) is 8.78 Å². The van der Waals surface area contributed by atoms with Crippen LogP contribution in [0.1, 0.15) is 37.8 Å². The van der Waals surface area contributed by atoms with Gasteiger partial charge in [0.25, 0.3) is 0 Å². The van der Waals surface area contributed by atoms with E-state index in [1.807, 2.05) is 27.7 Å². The highest BCUT2D eigenvalue weighted by Gasteiger charge is 2.23. The minimum absolute atomic E-state index is 0.112. The van der Waals surface area contributed by atoms with Crippen LogP contribution in [-0.4, -0.2) is 24.6 Å². The molecule has 0 saturated heterocycles. The first-order valence-corrected chi connectivity index (χ1v) is 9.77. The number of rotatable bonds is 7. The zero-order chi connectivity index (χ0) is 21.8. The summed E-state index contributed by atoms with van der Waals surface area (Å²) in [6.07, 6.45) is 6.04. The Balaban J connectivity index is 0.000000284. The molecule has 1 aliphatic rings. The number of anilines is 1. The molecule has 1 amide bonds. The number of benzene rings is 1. The topological polar surface area (TPSA) is 60.5 Å². The van der Waals surface area contributed by atoms with Gasteiger partial charge in [0.15, 0.2) is 11.5 Å². The predicted molar refractivity (Wildman–Crippen MR) is 111 cm³/mol. The third kappa shape index (κ3) is 9.09. The van der Waals surface area contributed by atoms with Crippen LogP contribution in [0.2, 0.25) is 5.02 Å². The molecule has 0 bridgehead atoms. The normalized spacial score (nSPS) is 12.1. The number of aryl methyl sites for hydroxylation is 2. The number of carbonyl (C=O) groups excluding carboxylic acids is 1. The highest BCUT2D eigenvalue weighted by molar-refractivity contribution is 6.33.